The second-order valence-electron chi connectivity index (χ2n) is 3.03. The first-order chi connectivity index (χ1) is 3.60. The first-order valence-corrected chi connectivity index (χ1v) is 3.00. The highest BCUT2D eigenvalue weighted by molar-refractivity contribution is 5.75. The first kappa shape index (κ1) is 5.60. The molecule has 1 aliphatic rings. The Labute approximate surface area is 49.8 Å². The van der Waals surface area contributed by atoms with Gasteiger partial charge in [0.1, 0.15) is 0 Å². The van der Waals surface area contributed by atoms with Crippen molar-refractivity contribution in [2.24, 2.45) is 5.73 Å². The molecule has 0 spiro atoms. The third-order valence-corrected chi connectivity index (χ3v) is 1.52. The van der Waals surface area contributed by atoms with Crippen LogP contribution >= 0.6 is 0 Å². The molecule has 3 N–H and O–H groups in total. The van der Waals surface area contributed by atoms with Crippen LogP contribution in [0.1, 0.15) is 26.7 Å². The molecule has 46 valence electrons. The number of hydrogen-bond acceptors (Lipinski definition) is 1. The highest BCUT2D eigenvalue weighted by atomic mass is 15.0. The van der Waals surface area contributed by atoms with Crippen LogP contribution in [0.15, 0.2) is 0 Å². The summed E-state index contributed by atoms with van der Waals surface area (Å²) < 4.78 is 0. The van der Waals surface area contributed by atoms with Gasteiger partial charge in [-0.1, -0.05) is 0 Å². The Kier molecular flexibility index (Phi) is 1.03. The molecule has 0 radical (unpaired) electrons. The van der Waals surface area contributed by atoms with Crippen LogP contribution in [-0.2, 0) is 0 Å². The number of rotatable bonds is 0. The third-order valence-electron chi connectivity index (χ3n) is 1.52. The maximum absolute atomic E-state index is 5.52. The Morgan fingerprint density at radius 3 is 2.38 bits per heavy atom. The van der Waals surface area contributed by atoms with Crippen LogP contribution in [0.5, 0.6) is 0 Å². The standard InChI is InChI=1S/C6H12N2/c1-6(2)4-3-5(7)8-6/h3-4H2,1-2H3,(H2,7,8)/p+1. The van der Waals surface area contributed by atoms with Gasteiger partial charge in [0, 0.05) is 6.42 Å². The number of nitrogens with one attached hydrogen (secondary N) is 1. The van der Waals surface area contributed by atoms with E-state index in [9.17, 15) is 0 Å². The molecule has 0 aliphatic carbocycles. The fraction of sp³-hybridized carbons (Fsp3) is 0.833. The number of amidine groups is 1. The molecule has 0 bridgehead atoms. The lowest BCUT2D eigenvalue weighted by Crippen LogP contribution is -2.83. The topological polar surface area (TPSA) is 40.0 Å². The zero-order valence-electron chi connectivity index (χ0n) is 5.49. The summed E-state index contributed by atoms with van der Waals surface area (Å²) in [7, 11) is 0. The average molecular weight is 113 g/mol. The van der Waals surface area contributed by atoms with Crippen molar-refractivity contribution in [2.45, 2.75) is 32.2 Å². The number of nitrogens with two attached hydrogens (primary N) is 1. The van der Waals surface area contributed by atoms with E-state index in [1.54, 1.807) is 0 Å². The normalized spacial score (nSPS) is 25.5. The Morgan fingerprint density at radius 2 is 2.25 bits per heavy atom. The van der Waals surface area contributed by atoms with E-state index >= 15 is 0 Å². The molecule has 0 atom stereocenters. The zero-order valence-corrected chi connectivity index (χ0v) is 5.49. The molecular formula is C6H13N2+. The highest BCUT2D eigenvalue weighted by Gasteiger charge is 2.26. The Bertz CT molecular complexity index is 124. The second kappa shape index (κ2) is 1.47. The Hall–Kier alpha value is -0.530. The van der Waals surface area contributed by atoms with Gasteiger partial charge in [-0.15, -0.1) is 0 Å². The SMILES string of the molecule is CC1(C)CCC(N)=[NH+]1. The van der Waals surface area contributed by atoms with Gasteiger partial charge in [-0.3, -0.25) is 10.7 Å². The molecule has 2 nitrogen and oxygen atoms in total. The minimum Gasteiger partial charge on any atom is -0.291 e. The molecule has 0 saturated heterocycles. The summed E-state index contributed by atoms with van der Waals surface area (Å²) in [6.45, 7) is 4.32. The molecule has 0 amide bonds. The van der Waals surface area contributed by atoms with Crippen molar-refractivity contribution in [3.63, 3.8) is 0 Å². The van der Waals surface area contributed by atoms with Crippen molar-refractivity contribution >= 4 is 5.84 Å². The number of hydrogen-bond donors (Lipinski definition) is 2. The van der Waals surface area contributed by atoms with Gasteiger partial charge in [0.15, 0.2) is 0 Å². The molecule has 1 rings (SSSR count). The van der Waals surface area contributed by atoms with E-state index in [-0.39, 0.29) is 5.54 Å². The van der Waals surface area contributed by atoms with E-state index in [2.05, 4.69) is 18.8 Å². The van der Waals surface area contributed by atoms with Crippen molar-refractivity contribution in [1.29, 1.82) is 0 Å². The predicted molar refractivity (Wildman–Crippen MR) is 33.5 cm³/mol. The van der Waals surface area contributed by atoms with Crippen molar-refractivity contribution in [3.05, 3.63) is 0 Å². The van der Waals surface area contributed by atoms with Gasteiger partial charge in [-0.25, -0.2) is 0 Å². The van der Waals surface area contributed by atoms with Gasteiger partial charge < -0.3 is 0 Å². The van der Waals surface area contributed by atoms with Gasteiger partial charge >= 0.3 is 0 Å². The highest BCUT2D eigenvalue weighted by Crippen LogP contribution is 2.06. The summed E-state index contributed by atoms with van der Waals surface area (Å²) in [5.74, 6) is 0.940. The fourth-order valence-electron chi connectivity index (χ4n) is 1.01. The van der Waals surface area contributed by atoms with E-state index < -0.39 is 0 Å². The minimum absolute atomic E-state index is 0.254. The molecule has 0 aromatic rings. The van der Waals surface area contributed by atoms with Crippen molar-refractivity contribution in [2.75, 3.05) is 0 Å². The van der Waals surface area contributed by atoms with Crippen molar-refractivity contribution in [3.8, 4) is 0 Å². The van der Waals surface area contributed by atoms with Crippen LogP contribution in [0.2, 0.25) is 0 Å². The predicted octanol–water partition coefficient (Wildman–Crippen LogP) is -1.00. The minimum atomic E-state index is 0.254. The van der Waals surface area contributed by atoms with E-state index in [0.717, 1.165) is 12.3 Å². The summed E-state index contributed by atoms with van der Waals surface area (Å²) in [5.41, 5.74) is 5.77. The van der Waals surface area contributed by atoms with E-state index in [1.165, 1.54) is 6.42 Å². The van der Waals surface area contributed by atoms with Gasteiger partial charge in [0.2, 0.25) is 5.84 Å². The third kappa shape index (κ3) is 0.997. The van der Waals surface area contributed by atoms with Crippen LogP contribution < -0.4 is 10.7 Å². The lowest BCUT2D eigenvalue weighted by molar-refractivity contribution is -0.534. The second-order valence-corrected chi connectivity index (χ2v) is 3.03. The maximum atomic E-state index is 5.52. The maximum Gasteiger partial charge on any atom is 0.240 e. The molecule has 0 saturated carbocycles. The van der Waals surface area contributed by atoms with Gasteiger partial charge in [-0.05, 0) is 13.8 Å². The lowest BCUT2D eigenvalue weighted by atomic mass is 10.0. The van der Waals surface area contributed by atoms with Crippen LogP contribution in [-0.4, -0.2) is 11.4 Å². The summed E-state index contributed by atoms with van der Waals surface area (Å²) in [4.78, 5) is 3.19. The van der Waals surface area contributed by atoms with Crippen LogP contribution in [0.4, 0.5) is 0 Å². The Balaban J connectivity index is 2.67. The lowest BCUT2D eigenvalue weighted by Gasteiger charge is -2.07. The fourth-order valence-corrected chi connectivity index (χ4v) is 1.01. The summed E-state index contributed by atoms with van der Waals surface area (Å²) >= 11 is 0. The Morgan fingerprint density at radius 1 is 1.62 bits per heavy atom. The molecule has 0 aromatic heterocycles. The van der Waals surface area contributed by atoms with Crippen LogP contribution in [0, 0.1) is 0 Å². The summed E-state index contributed by atoms with van der Waals surface area (Å²) in [6, 6.07) is 0. The molecule has 0 aromatic carbocycles. The van der Waals surface area contributed by atoms with Crippen molar-refractivity contribution in [1.82, 2.24) is 0 Å². The smallest absolute Gasteiger partial charge is 0.240 e. The molecule has 2 heteroatoms. The molecular weight excluding hydrogens is 100 g/mol. The van der Waals surface area contributed by atoms with Gasteiger partial charge in [0.05, 0.1) is 12.0 Å². The van der Waals surface area contributed by atoms with Gasteiger partial charge in [0.25, 0.3) is 0 Å². The van der Waals surface area contributed by atoms with Crippen LogP contribution in [0.25, 0.3) is 0 Å². The quantitative estimate of drug-likeness (QED) is 0.415. The van der Waals surface area contributed by atoms with E-state index in [0.29, 0.717) is 0 Å². The molecule has 8 heavy (non-hydrogen) atoms. The first-order valence-electron chi connectivity index (χ1n) is 3.00. The molecule has 0 fully saturated rings. The largest absolute Gasteiger partial charge is 0.291 e. The summed E-state index contributed by atoms with van der Waals surface area (Å²) in [5, 5.41) is 0. The monoisotopic (exact) mass is 113 g/mol. The molecule has 0 unspecified atom stereocenters. The van der Waals surface area contributed by atoms with Crippen molar-refractivity contribution < 1.29 is 4.99 Å². The van der Waals surface area contributed by atoms with Gasteiger partial charge in [-0.2, -0.15) is 0 Å². The molecule has 1 aliphatic heterocycles. The average Bonchev–Trinajstić information content (AvgIpc) is 1.82. The van der Waals surface area contributed by atoms with E-state index in [4.69, 9.17) is 5.73 Å². The molecule has 1 heterocycles. The van der Waals surface area contributed by atoms with E-state index in [1.807, 2.05) is 0 Å². The zero-order chi connectivity index (χ0) is 6.20. The van der Waals surface area contributed by atoms with Crippen LogP contribution in [0.3, 0.4) is 0 Å². The summed E-state index contributed by atoms with van der Waals surface area (Å²) in [6.07, 6.45) is 2.20.